The highest BCUT2D eigenvalue weighted by Crippen LogP contribution is 2.31. The maximum Gasteiger partial charge on any atom is 0.144 e. The molecule has 0 aromatic heterocycles. The Morgan fingerprint density at radius 3 is 1.37 bits per heavy atom. The van der Waals surface area contributed by atoms with Gasteiger partial charge in [0.05, 0.1) is 25.4 Å². The standard InChI is InChI=1S/C23H30O7/c1-15(22(27)17-3-7-19(8-4-17)29-13-11-24)21(26)16(2)23(28)18-5-9-20(10-6-18)30-14-12-25/h3-10,15-16,22-25,27-28H,11-14H2,1-2H3. The third kappa shape index (κ3) is 6.27. The molecule has 0 aliphatic rings. The molecule has 7 heteroatoms. The van der Waals surface area contributed by atoms with Crippen molar-refractivity contribution in [2.24, 2.45) is 11.8 Å². The van der Waals surface area contributed by atoms with Gasteiger partial charge in [0.15, 0.2) is 0 Å². The number of Topliss-reactive ketones (excluding diaryl/α,β-unsaturated/α-hetero) is 1. The number of carbonyl (C=O) groups is 1. The smallest absolute Gasteiger partial charge is 0.144 e. The van der Waals surface area contributed by atoms with Crippen LogP contribution in [0.25, 0.3) is 0 Å². The summed E-state index contributed by atoms with van der Waals surface area (Å²) >= 11 is 0. The van der Waals surface area contributed by atoms with E-state index < -0.39 is 24.0 Å². The second-order valence-corrected chi connectivity index (χ2v) is 7.15. The highest BCUT2D eigenvalue weighted by atomic mass is 16.5. The van der Waals surface area contributed by atoms with Gasteiger partial charge in [0.25, 0.3) is 0 Å². The molecule has 0 fully saturated rings. The number of hydrogen-bond acceptors (Lipinski definition) is 7. The molecular weight excluding hydrogens is 388 g/mol. The zero-order chi connectivity index (χ0) is 22.1. The third-order valence-corrected chi connectivity index (χ3v) is 5.01. The van der Waals surface area contributed by atoms with Crippen LogP contribution >= 0.6 is 0 Å². The molecule has 4 unspecified atom stereocenters. The maximum atomic E-state index is 12.9. The van der Waals surface area contributed by atoms with Crippen LogP contribution in [0, 0.1) is 11.8 Å². The van der Waals surface area contributed by atoms with Crippen LogP contribution in [0.3, 0.4) is 0 Å². The van der Waals surface area contributed by atoms with E-state index in [4.69, 9.17) is 19.7 Å². The van der Waals surface area contributed by atoms with E-state index in [1.165, 1.54) is 0 Å². The molecule has 0 spiro atoms. The predicted octanol–water partition coefficient (Wildman–Crippen LogP) is 2.04. The minimum absolute atomic E-state index is 0.0888. The van der Waals surface area contributed by atoms with Crippen molar-refractivity contribution in [1.82, 2.24) is 0 Å². The number of aliphatic hydroxyl groups excluding tert-OH is 4. The van der Waals surface area contributed by atoms with Gasteiger partial charge in [-0.1, -0.05) is 38.1 Å². The Balaban J connectivity index is 2.01. The largest absolute Gasteiger partial charge is 0.491 e. The molecule has 0 amide bonds. The third-order valence-electron chi connectivity index (χ3n) is 5.01. The van der Waals surface area contributed by atoms with Crippen LogP contribution in [0.15, 0.2) is 48.5 Å². The van der Waals surface area contributed by atoms with E-state index in [2.05, 4.69) is 0 Å². The molecule has 30 heavy (non-hydrogen) atoms. The number of benzene rings is 2. The number of aliphatic hydroxyl groups is 4. The van der Waals surface area contributed by atoms with Gasteiger partial charge in [-0.05, 0) is 35.4 Å². The lowest BCUT2D eigenvalue weighted by atomic mass is 9.83. The Hall–Kier alpha value is -2.45. The highest BCUT2D eigenvalue weighted by Gasteiger charge is 2.31. The molecule has 0 aliphatic heterocycles. The van der Waals surface area contributed by atoms with Crippen molar-refractivity contribution >= 4 is 5.78 Å². The van der Waals surface area contributed by atoms with Crippen molar-refractivity contribution in [2.75, 3.05) is 26.4 Å². The van der Waals surface area contributed by atoms with Gasteiger partial charge in [0.1, 0.15) is 30.5 Å². The molecule has 7 nitrogen and oxygen atoms in total. The maximum absolute atomic E-state index is 12.9. The summed E-state index contributed by atoms with van der Waals surface area (Å²) in [5, 5.41) is 38.8. The fourth-order valence-corrected chi connectivity index (χ4v) is 3.15. The Labute approximate surface area is 176 Å². The van der Waals surface area contributed by atoms with E-state index in [-0.39, 0.29) is 32.2 Å². The first kappa shape index (κ1) is 23.8. The lowest BCUT2D eigenvalue weighted by Gasteiger charge is -2.25. The van der Waals surface area contributed by atoms with Crippen LogP contribution in [0.2, 0.25) is 0 Å². The quantitative estimate of drug-likeness (QED) is 0.417. The molecule has 0 heterocycles. The molecule has 4 N–H and O–H groups in total. The number of carbonyl (C=O) groups excluding carboxylic acids is 1. The molecule has 2 aromatic rings. The summed E-state index contributed by atoms with van der Waals surface area (Å²) in [5.74, 6) is -0.559. The van der Waals surface area contributed by atoms with E-state index in [1.54, 1.807) is 62.4 Å². The Bertz CT molecular complexity index is 708. The van der Waals surface area contributed by atoms with Crippen molar-refractivity contribution in [1.29, 1.82) is 0 Å². The molecule has 164 valence electrons. The highest BCUT2D eigenvalue weighted by molar-refractivity contribution is 5.84. The van der Waals surface area contributed by atoms with Crippen LogP contribution in [-0.2, 0) is 4.79 Å². The van der Waals surface area contributed by atoms with Gasteiger partial charge in [-0.25, -0.2) is 0 Å². The van der Waals surface area contributed by atoms with Gasteiger partial charge in [0.2, 0.25) is 0 Å². The van der Waals surface area contributed by atoms with Gasteiger partial charge in [-0.3, -0.25) is 4.79 Å². The fraction of sp³-hybridized carbons (Fsp3) is 0.435. The lowest BCUT2D eigenvalue weighted by molar-refractivity contribution is -0.132. The van der Waals surface area contributed by atoms with Gasteiger partial charge < -0.3 is 29.9 Å². The molecule has 0 aliphatic carbocycles. The number of ether oxygens (including phenoxy) is 2. The number of hydrogen-bond donors (Lipinski definition) is 4. The van der Waals surface area contributed by atoms with Gasteiger partial charge in [0, 0.05) is 11.8 Å². The van der Waals surface area contributed by atoms with Crippen LogP contribution in [0.1, 0.15) is 37.2 Å². The average Bonchev–Trinajstić information content (AvgIpc) is 2.79. The topological polar surface area (TPSA) is 116 Å². The van der Waals surface area contributed by atoms with Crippen molar-refractivity contribution in [3.8, 4) is 11.5 Å². The average molecular weight is 418 g/mol. The molecule has 2 aromatic carbocycles. The first-order valence-electron chi connectivity index (χ1n) is 9.96. The lowest BCUT2D eigenvalue weighted by Crippen LogP contribution is -2.28. The molecule has 4 atom stereocenters. The summed E-state index contributed by atoms with van der Waals surface area (Å²) in [6, 6.07) is 13.4. The second kappa shape index (κ2) is 11.7. The molecule has 0 radical (unpaired) electrons. The molecule has 0 saturated carbocycles. The zero-order valence-corrected chi connectivity index (χ0v) is 17.3. The second-order valence-electron chi connectivity index (χ2n) is 7.15. The predicted molar refractivity (Wildman–Crippen MR) is 111 cm³/mol. The van der Waals surface area contributed by atoms with Crippen LogP contribution in [0.5, 0.6) is 11.5 Å². The van der Waals surface area contributed by atoms with E-state index in [9.17, 15) is 15.0 Å². The van der Waals surface area contributed by atoms with Crippen molar-refractivity contribution < 1.29 is 34.7 Å². The normalized spacial score (nSPS) is 15.1. The summed E-state index contributed by atoms with van der Waals surface area (Å²) in [4.78, 5) is 12.9. The van der Waals surface area contributed by atoms with Crippen molar-refractivity contribution in [3.05, 3.63) is 59.7 Å². The van der Waals surface area contributed by atoms with Crippen molar-refractivity contribution in [3.63, 3.8) is 0 Å². The number of ketones is 1. The first-order chi connectivity index (χ1) is 14.4. The minimum Gasteiger partial charge on any atom is -0.491 e. The minimum atomic E-state index is -1.02. The summed E-state index contributed by atoms with van der Waals surface area (Å²) < 4.78 is 10.6. The molecule has 0 saturated heterocycles. The summed E-state index contributed by atoms with van der Waals surface area (Å²) in [6.45, 7) is 3.46. The van der Waals surface area contributed by atoms with Gasteiger partial charge in [-0.15, -0.1) is 0 Å². The molecular formula is C23H30O7. The fourth-order valence-electron chi connectivity index (χ4n) is 3.15. The Morgan fingerprint density at radius 2 is 1.07 bits per heavy atom. The zero-order valence-electron chi connectivity index (χ0n) is 17.3. The summed E-state index contributed by atoms with van der Waals surface area (Å²) in [6.07, 6.45) is -2.04. The van der Waals surface area contributed by atoms with Crippen molar-refractivity contribution in [2.45, 2.75) is 26.1 Å². The van der Waals surface area contributed by atoms with Gasteiger partial charge in [-0.2, -0.15) is 0 Å². The Kier molecular flexibility index (Phi) is 9.26. The summed E-state index contributed by atoms with van der Waals surface area (Å²) in [7, 11) is 0. The SMILES string of the molecule is CC(C(=O)C(C)C(O)c1ccc(OCCO)cc1)C(O)c1ccc(OCCO)cc1. The molecule has 2 rings (SSSR count). The monoisotopic (exact) mass is 418 g/mol. The van der Waals surface area contributed by atoms with Crippen LogP contribution in [-0.4, -0.2) is 52.6 Å². The van der Waals surface area contributed by atoms with E-state index in [1.807, 2.05) is 0 Å². The number of rotatable bonds is 12. The van der Waals surface area contributed by atoms with Crippen LogP contribution in [0.4, 0.5) is 0 Å². The van der Waals surface area contributed by atoms with E-state index >= 15 is 0 Å². The van der Waals surface area contributed by atoms with Gasteiger partial charge >= 0.3 is 0 Å². The molecule has 0 bridgehead atoms. The summed E-state index contributed by atoms with van der Waals surface area (Å²) in [5.41, 5.74) is 1.14. The Morgan fingerprint density at radius 1 is 0.733 bits per heavy atom. The van der Waals surface area contributed by atoms with E-state index in [0.717, 1.165) is 0 Å². The van der Waals surface area contributed by atoms with Crippen LogP contribution < -0.4 is 9.47 Å². The first-order valence-corrected chi connectivity index (χ1v) is 9.96. The van der Waals surface area contributed by atoms with E-state index in [0.29, 0.717) is 22.6 Å².